The van der Waals surface area contributed by atoms with Crippen LogP contribution in [0.15, 0.2) is 18.2 Å². The second kappa shape index (κ2) is 5.45. The normalized spacial score (nSPS) is 18.3. The van der Waals surface area contributed by atoms with Crippen LogP contribution in [0.4, 0.5) is 5.69 Å². The molecule has 1 aromatic rings. The van der Waals surface area contributed by atoms with E-state index >= 15 is 0 Å². The quantitative estimate of drug-likeness (QED) is 0.820. The fourth-order valence-corrected chi connectivity index (χ4v) is 2.91. The van der Waals surface area contributed by atoms with Gasteiger partial charge in [-0.1, -0.05) is 43.1 Å². The van der Waals surface area contributed by atoms with Crippen molar-refractivity contribution in [2.24, 2.45) is 5.73 Å². The Morgan fingerprint density at radius 1 is 1.33 bits per heavy atom. The lowest BCUT2D eigenvalue weighted by Crippen LogP contribution is -2.36. The molecule has 1 aromatic carbocycles. The van der Waals surface area contributed by atoms with E-state index in [-0.39, 0.29) is 5.54 Å². The largest absolute Gasteiger partial charge is 0.389 e. The molecule has 0 aliphatic heterocycles. The minimum Gasteiger partial charge on any atom is -0.389 e. The van der Waals surface area contributed by atoms with Crippen molar-refractivity contribution in [1.29, 1.82) is 0 Å². The lowest BCUT2D eigenvalue weighted by Gasteiger charge is -2.36. The third-order valence-electron chi connectivity index (χ3n) is 3.65. The Hall–Kier alpha value is -0.800. The molecule has 98 valence electrons. The highest BCUT2D eigenvalue weighted by atomic mass is 35.5. The van der Waals surface area contributed by atoms with Gasteiger partial charge in [-0.05, 0) is 38.0 Å². The summed E-state index contributed by atoms with van der Waals surface area (Å²) in [4.78, 5) is 0.382. The van der Waals surface area contributed by atoms with Crippen molar-refractivity contribution >= 4 is 34.5 Å². The van der Waals surface area contributed by atoms with Crippen LogP contribution < -0.4 is 11.1 Å². The number of hydrogen-bond donors (Lipinski definition) is 2. The Balaban J connectivity index is 2.16. The van der Waals surface area contributed by atoms with E-state index in [1.807, 2.05) is 18.2 Å². The summed E-state index contributed by atoms with van der Waals surface area (Å²) >= 11 is 11.2. The highest BCUT2D eigenvalue weighted by Gasteiger charge is 2.26. The zero-order valence-electron chi connectivity index (χ0n) is 10.6. The van der Waals surface area contributed by atoms with E-state index in [0.717, 1.165) is 11.3 Å². The van der Waals surface area contributed by atoms with E-state index in [9.17, 15) is 0 Å². The third kappa shape index (κ3) is 3.15. The third-order valence-corrected chi connectivity index (χ3v) is 4.20. The average molecular weight is 283 g/mol. The fraction of sp³-hybridized carbons (Fsp3) is 0.500. The molecule has 1 aliphatic carbocycles. The Labute approximate surface area is 119 Å². The maximum absolute atomic E-state index is 6.28. The number of hydrogen-bond acceptors (Lipinski definition) is 2. The van der Waals surface area contributed by atoms with Gasteiger partial charge >= 0.3 is 0 Å². The van der Waals surface area contributed by atoms with E-state index in [1.165, 1.54) is 32.1 Å². The molecule has 0 atom stereocenters. The van der Waals surface area contributed by atoms with Crippen LogP contribution in [0, 0.1) is 0 Å². The van der Waals surface area contributed by atoms with Gasteiger partial charge in [0.1, 0.15) is 4.99 Å². The maximum atomic E-state index is 6.28. The number of rotatable bonds is 3. The first-order chi connectivity index (χ1) is 8.50. The molecule has 0 unspecified atom stereocenters. The summed E-state index contributed by atoms with van der Waals surface area (Å²) in [6.45, 7) is 2.27. The molecule has 0 amide bonds. The van der Waals surface area contributed by atoms with E-state index in [0.29, 0.717) is 10.0 Å². The first kappa shape index (κ1) is 13.6. The second-order valence-corrected chi connectivity index (χ2v) is 6.15. The highest BCUT2D eigenvalue weighted by Crippen LogP contribution is 2.33. The standard InChI is InChI=1S/C14H19ClN2S/c1-14(7-3-2-4-8-14)17-12-6-5-10(13(16)18)9-11(12)15/h5-6,9,17H,2-4,7-8H2,1H3,(H2,16,18). The van der Waals surface area contributed by atoms with Crippen molar-refractivity contribution in [2.45, 2.75) is 44.6 Å². The molecule has 2 rings (SSSR count). The Morgan fingerprint density at radius 2 is 2.00 bits per heavy atom. The molecule has 0 spiro atoms. The van der Waals surface area contributed by atoms with Crippen LogP contribution in [0.2, 0.25) is 5.02 Å². The monoisotopic (exact) mass is 282 g/mol. The van der Waals surface area contributed by atoms with Crippen LogP contribution in [0.5, 0.6) is 0 Å². The molecule has 0 saturated heterocycles. The molecule has 0 aromatic heterocycles. The molecule has 0 bridgehead atoms. The molecule has 1 aliphatic rings. The van der Waals surface area contributed by atoms with Crippen LogP contribution >= 0.6 is 23.8 Å². The topological polar surface area (TPSA) is 38.0 Å². The zero-order chi connectivity index (χ0) is 13.2. The molecular weight excluding hydrogens is 264 g/mol. The van der Waals surface area contributed by atoms with E-state index in [2.05, 4.69) is 12.2 Å². The number of nitrogens with one attached hydrogen (secondary N) is 1. The van der Waals surface area contributed by atoms with Gasteiger partial charge in [-0.25, -0.2) is 0 Å². The van der Waals surface area contributed by atoms with E-state index in [4.69, 9.17) is 29.6 Å². The average Bonchev–Trinajstić information content (AvgIpc) is 2.32. The van der Waals surface area contributed by atoms with Gasteiger partial charge in [-0.2, -0.15) is 0 Å². The van der Waals surface area contributed by atoms with E-state index in [1.54, 1.807) is 0 Å². The van der Waals surface area contributed by atoms with E-state index < -0.39 is 0 Å². The summed E-state index contributed by atoms with van der Waals surface area (Å²) in [5.41, 5.74) is 7.54. The van der Waals surface area contributed by atoms with Gasteiger partial charge in [0.2, 0.25) is 0 Å². The number of nitrogens with two attached hydrogens (primary N) is 1. The van der Waals surface area contributed by atoms with Gasteiger partial charge in [0.15, 0.2) is 0 Å². The van der Waals surface area contributed by atoms with Crippen molar-refractivity contribution < 1.29 is 0 Å². The molecule has 1 saturated carbocycles. The number of halogens is 1. The summed E-state index contributed by atoms with van der Waals surface area (Å²) in [7, 11) is 0. The molecule has 18 heavy (non-hydrogen) atoms. The van der Waals surface area contributed by atoms with Crippen LogP contribution in [0.3, 0.4) is 0 Å². The number of benzene rings is 1. The molecule has 0 radical (unpaired) electrons. The van der Waals surface area contributed by atoms with Crippen molar-refractivity contribution in [3.8, 4) is 0 Å². The summed E-state index contributed by atoms with van der Waals surface area (Å²) in [5.74, 6) is 0. The smallest absolute Gasteiger partial charge is 0.104 e. The SMILES string of the molecule is CC1(Nc2ccc(C(N)=S)cc2Cl)CCCCC1. The maximum Gasteiger partial charge on any atom is 0.104 e. The van der Waals surface area contributed by atoms with Crippen molar-refractivity contribution in [3.05, 3.63) is 28.8 Å². The lowest BCUT2D eigenvalue weighted by atomic mass is 9.83. The predicted octanol–water partition coefficient (Wildman–Crippen LogP) is 4.11. The van der Waals surface area contributed by atoms with Crippen LogP contribution in [0.25, 0.3) is 0 Å². The minimum absolute atomic E-state index is 0.159. The Bertz CT molecular complexity index is 453. The first-order valence-electron chi connectivity index (χ1n) is 6.38. The predicted molar refractivity (Wildman–Crippen MR) is 82.5 cm³/mol. The summed E-state index contributed by atoms with van der Waals surface area (Å²) in [6, 6.07) is 5.72. The Kier molecular flexibility index (Phi) is 4.13. The second-order valence-electron chi connectivity index (χ2n) is 5.31. The first-order valence-corrected chi connectivity index (χ1v) is 7.16. The van der Waals surface area contributed by atoms with Gasteiger partial charge in [0, 0.05) is 11.1 Å². The summed E-state index contributed by atoms with van der Waals surface area (Å²) in [5, 5.41) is 4.26. The summed E-state index contributed by atoms with van der Waals surface area (Å²) in [6.07, 6.45) is 6.30. The van der Waals surface area contributed by atoms with Gasteiger partial charge in [0.25, 0.3) is 0 Å². The van der Waals surface area contributed by atoms with Crippen molar-refractivity contribution in [1.82, 2.24) is 0 Å². The number of anilines is 1. The Morgan fingerprint density at radius 3 is 2.56 bits per heavy atom. The highest BCUT2D eigenvalue weighted by molar-refractivity contribution is 7.80. The van der Waals surface area contributed by atoms with Crippen molar-refractivity contribution in [3.63, 3.8) is 0 Å². The molecule has 0 heterocycles. The van der Waals surface area contributed by atoms with Gasteiger partial charge in [-0.3, -0.25) is 0 Å². The van der Waals surface area contributed by atoms with Crippen LogP contribution in [-0.4, -0.2) is 10.5 Å². The van der Waals surface area contributed by atoms with Crippen LogP contribution in [-0.2, 0) is 0 Å². The molecule has 4 heteroatoms. The van der Waals surface area contributed by atoms with Crippen LogP contribution in [0.1, 0.15) is 44.6 Å². The molecule has 3 N–H and O–H groups in total. The van der Waals surface area contributed by atoms with Gasteiger partial charge in [-0.15, -0.1) is 0 Å². The zero-order valence-corrected chi connectivity index (χ0v) is 12.2. The molecule has 1 fully saturated rings. The fourth-order valence-electron chi connectivity index (χ4n) is 2.55. The van der Waals surface area contributed by atoms with Gasteiger partial charge in [0.05, 0.1) is 10.7 Å². The lowest BCUT2D eigenvalue weighted by molar-refractivity contribution is 0.349. The van der Waals surface area contributed by atoms with Crippen molar-refractivity contribution in [2.75, 3.05) is 5.32 Å². The minimum atomic E-state index is 0.159. The molecular formula is C14H19ClN2S. The number of thiocarbonyl (C=S) groups is 1. The van der Waals surface area contributed by atoms with Gasteiger partial charge < -0.3 is 11.1 Å². The summed E-state index contributed by atoms with van der Waals surface area (Å²) < 4.78 is 0. The molecule has 2 nitrogen and oxygen atoms in total.